The standard InChI is InChI=1S/C14H19BrClN/c1-10(2)14(6-3-7-17-14)9-11-4-5-13(16)12(15)8-11/h4-5,8,10,17H,3,6-7,9H2,1-2H3. The van der Waals surface area contributed by atoms with Crippen LogP contribution in [0, 0.1) is 5.92 Å². The van der Waals surface area contributed by atoms with E-state index in [1.54, 1.807) is 0 Å². The molecule has 3 heteroatoms. The second kappa shape index (κ2) is 5.29. The van der Waals surface area contributed by atoms with E-state index in [-0.39, 0.29) is 5.54 Å². The monoisotopic (exact) mass is 315 g/mol. The van der Waals surface area contributed by atoms with E-state index in [0.717, 1.165) is 22.5 Å². The maximum atomic E-state index is 6.03. The molecular formula is C14H19BrClN. The SMILES string of the molecule is CC(C)C1(Cc2ccc(Cl)c(Br)c2)CCCN1. The Balaban J connectivity index is 2.20. The van der Waals surface area contributed by atoms with Gasteiger partial charge in [-0.3, -0.25) is 0 Å². The molecule has 1 aliphatic rings. The molecule has 1 aliphatic heterocycles. The quantitative estimate of drug-likeness (QED) is 0.870. The first-order valence-corrected chi connectivity index (χ1v) is 7.39. The van der Waals surface area contributed by atoms with Crippen LogP contribution in [-0.4, -0.2) is 12.1 Å². The van der Waals surface area contributed by atoms with Gasteiger partial charge in [-0.05, 0) is 65.4 Å². The fourth-order valence-electron chi connectivity index (χ4n) is 2.69. The van der Waals surface area contributed by atoms with Crippen LogP contribution >= 0.6 is 27.5 Å². The highest BCUT2D eigenvalue weighted by molar-refractivity contribution is 9.10. The maximum absolute atomic E-state index is 6.03. The molecular weight excluding hydrogens is 298 g/mol. The third-order valence-corrected chi connectivity index (χ3v) is 5.10. The number of hydrogen-bond donors (Lipinski definition) is 1. The Bertz CT molecular complexity index is 397. The zero-order valence-corrected chi connectivity index (χ0v) is 12.7. The Hall–Kier alpha value is -0.0500. The van der Waals surface area contributed by atoms with Gasteiger partial charge in [0.05, 0.1) is 5.02 Å². The Morgan fingerprint density at radius 1 is 1.47 bits per heavy atom. The third kappa shape index (κ3) is 2.86. The van der Waals surface area contributed by atoms with Crippen molar-refractivity contribution in [2.24, 2.45) is 5.92 Å². The highest BCUT2D eigenvalue weighted by Crippen LogP contribution is 2.33. The van der Waals surface area contributed by atoms with E-state index in [4.69, 9.17) is 11.6 Å². The van der Waals surface area contributed by atoms with E-state index in [0.29, 0.717) is 5.92 Å². The van der Waals surface area contributed by atoms with Crippen LogP contribution < -0.4 is 5.32 Å². The lowest BCUT2D eigenvalue weighted by atomic mass is 9.80. The van der Waals surface area contributed by atoms with E-state index < -0.39 is 0 Å². The molecule has 0 aliphatic carbocycles. The summed E-state index contributed by atoms with van der Waals surface area (Å²) in [5.41, 5.74) is 1.62. The fourth-order valence-corrected chi connectivity index (χ4v) is 3.23. The predicted molar refractivity (Wildman–Crippen MR) is 77.7 cm³/mol. The van der Waals surface area contributed by atoms with Crippen molar-refractivity contribution < 1.29 is 0 Å². The van der Waals surface area contributed by atoms with Gasteiger partial charge in [-0.2, -0.15) is 0 Å². The van der Waals surface area contributed by atoms with Crippen molar-refractivity contribution in [1.29, 1.82) is 0 Å². The number of rotatable bonds is 3. The van der Waals surface area contributed by atoms with E-state index >= 15 is 0 Å². The van der Waals surface area contributed by atoms with Crippen molar-refractivity contribution in [1.82, 2.24) is 5.32 Å². The Labute approximate surface area is 117 Å². The van der Waals surface area contributed by atoms with Crippen LogP contribution in [0.2, 0.25) is 5.02 Å². The van der Waals surface area contributed by atoms with Crippen molar-refractivity contribution in [3.8, 4) is 0 Å². The first-order chi connectivity index (χ1) is 8.03. The summed E-state index contributed by atoms with van der Waals surface area (Å²) in [5, 5.41) is 4.49. The third-order valence-electron chi connectivity index (χ3n) is 3.89. The topological polar surface area (TPSA) is 12.0 Å². The molecule has 1 aromatic rings. The van der Waals surface area contributed by atoms with Crippen LogP contribution in [0.4, 0.5) is 0 Å². The van der Waals surface area contributed by atoms with Gasteiger partial charge in [0.1, 0.15) is 0 Å². The minimum Gasteiger partial charge on any atom is -0.311 e. The molecule has 0 bridgehead atoms. The molecule has 1 N–H and O–H groups in total. The number of nitrogens with one attached hydrogen (secondary N) is 1. The van der Waals surface area contributed by atoms with Gasteiger partial charge in [0.15, 0.2) is 0 Å². The zero-order chi connectivity index (χ0) is 12.5. The molecule has 0 amide bonds. The van der Waals surface area contributed by atoms with Gasteiger partial charge in [0, 0.05) is 10.0 Å². The first kappa shape index (κ1) is 13.4. The average molecular weight is 317 g/mol. The fraction of sp³-hybridized carbons (Fsp3) is 0.571. The Kier molecular flexibility index (Phi) is 4.17. The van der Waals surface area contributed by atoms with Crippen LogP contribution in [0.15, 0.2) is 22.7 Å². The van der Waals surface area contributed by atoms with Gasteiger partial charge < -0.3 is 5.32 Å². The molecule has 1 fully saturated rings. The normalized spacial score (nSPS) is 24.5. The van der Waals surface area contributed by atoms with E-state index in [9.17, 15) is 0 Å². The summed E-state index contributed by atoms with van der Waals surface area (Å²) >= 11 is 9.53. The molecule has 0 radical (unpaired) electrons. The molecule has 1 aromatic carbocycles. The molecule has 0 aromatic heterocycles. The molecule has 1 atom stereocenters. The molecule has 0 spiro atoms. The van der Waals surface area contributed by atoms with E-state index in [1.165, 1.54) is 18.4 Å². The van der Waals surface area contributed by atoms with Gasteiger partial charge in [-0.25, -0.2) is 0 Å². The highest BCUT2D eigenvalue weighted by atomic mass is 79.9. The zero-order valence-electron chi connectivity index (χ0n) is 10.4. The number of hydrogen-bond acceptors (Lipinski definition) is 1. The summed E-state index contributed by atoms with van der Waals surface area (Å²) in [7, 11) is 0. The van der Waals surface area contributed by atoms with Gasteiger partial charge >= 0.3 is 0 Å². The number of benzene rings is 1. The molecule has 1 heterocycles. The van der Waals surface area contributed by atoms with Gasteiger partial charge in [-0.1, -0.05) is 31.5 Å². The lowest BCUT2D eigenvalue weighted by Gasteiger charge is -2.34. The van der Waals surface area contributed by atoms with Gasteiger partial charge in [-0.15, -0.1) is 0 Å². The highest BCUT2D eigenvalue weighted by Gasteiger charge is 2.36. The van der Waals surface area contributed by atoms with Crippen molar-refractivity contribution in [3.63, 3.8) is 0 Å². The molecule has 0 saturated carbocycles. The minimum absolute atomic E-state index is 0.271. The van der Waals surface area contributed by atoms with Crippen LogP contribution in [0.1, 0.15) is 32.3 Å². The van der Waals surface area contributed by atoms with Crippen molar-refractivity contribution in [2.75, 3.05) is 6.54 Å². The molecule has 1 nitrogen and oxygen atoms in total. The second-order valence-electron chi connectivity index (χ2n) is 5.27. The summed E-state index contributed by atoms with van der Waals surface area (Å²) in [6.07, 6.45) is 3.64. The van der Waals surface area contributed by atoms with Crippen LogP contribution in [0.3, 0.4) is 0 Å². The lowest BCUT2D eigenvalue weighted by Crippen LogP contribution is -2.46. The van der Waals surface area contributed by atoms with Gasteiger partial charge in [0.25, 0.3) is 0 Å². The molecule has 1 unspecified atom stereocenters. The molecule has 2 rings (SSSR count). The van der Waals surface area contributed by atoms with Crippen molar-refractivity contribution >= 4 is 27.5 Å². The molecule has 17 heavy (non-hydrogen) atoms. The van der Waals surface area contributed by atoms with E-state index in [2.05, 4.69) is 47.2 Å². The largest absolute Gasteiger partial charge is 0.311 e. The lowest BCUT2D eigenvalue weighted by molar-refractivity contribution is 0.269. The summed E-state index contributed by atoms with van der Waals surface area (Å²) in [6.45, 7) is 5.76. The second-order valence-corrected chi connectivity index (χ2v) is 6.53. The van der Waals surface area contributed by atoms with Crippen LogP contribution in [0.5, 0.6) is 0 Å². The number of halogens is 2. The average Bonchev–Trinajstić information content (AvgIpc) is 2.73. The summed E-state index contributed by atoms with van der Waals surface area (Å²) < 4.78 is 0.994. The summed E-state index contributed by atoms with van der Waals surface area (Å²) in [4.78, 5) is 0. The maximum Gasteiger partial charge on any atom is 0.0548 e. The molecule has 94 valence electrons. The smallest absolute Gasteiger partial charge is 0.0548 e. The first-order valence-electron chi connectivity index (χ1n) is 6.22. The predicted octanol–water partition coefficient (Wildman–Crippen LogP) is 4.42. The van der Waals surface area contributed by atoms with E-state index in [1.807, 2.05) is 6.07 Å². The Morgan fingerprint density at radius 2 is 2.24 bits per heavy atom. The van der Waals surface area contributed by atoms with Crippen molar-refractivity contribution in [2.45, 2.75) is 38.6 Å². The Morgan fingerprint density at radius 3 is 2.76 bits per heavy atom. The van der Waals surface area contributed by atoms with Gasteiger partial charge in [0.2, 0.25) is 0 Å². The van der Waals surface area contributed by atoms with Crippen LogP contribution in [0.25, 0.3) is 0 Å². The van der Waals surface area contributed by atoms with Crippen LogP contribution in [-0.2, 0) is 6.42 Å². The summed E-state index contributed by atoms with van der Waals surface area (Å²) in [6, 6.07) is 6.26. The molecule has 1 saturated heterocycles. The summed E-state index contributed by atoms with van der Waals surface area (Å²) in [5.74, 6) is 0.652. The minimum atomic E-state index is 0.271. The van der Waals surface area contributed by atoms with Crippen molar-refractivity contribution in [3.05, 3.63) is 33.3 Å².